The second-order valence-electron chi connectivity index (χ2n) is 12.4. The van der Waals surface area contributed by atoms with Gasteiger partial charge in [-0.15, -0.1) is 0 Å². The van der Waals surface area contributed by atoms with Gasteiger partial charge in [0.1, 0.15) is 17.0 Å². The number of nitrogens with zero attached hydrogens (tertiary/aromatic N) is 2. The van der Waals surface area contributed by atoms with Gasteiger partial charge in [0.2, 0.25) is 0 Å². The van der Waals surface area contributed by atoms with Crippen LogP contribution in [0.25, 0.3) is 93.8 Å². The smallest absolute Gasteiger partial charge is 0.145 e. The molecule has 10 aromatic rings. The number of rotatable bonds is 4. The molecule has 0 atom stereocenters. The van der Waals surface area contributed by atoms with Crippen LogP contribution in [0, 0.1) is 0 Å². The average Bonchev–Trinajstić information content (AvgIpc) is 3.74. The molecule has 3 nitrogen and oxygen atoms in total. The molecular formula is C45H28N2O. The predicted octanol–water partition coefficient (Wildman–Crippen LogP) is 12.2. The van der Waals surface area contributed by atoms with Gasteiger partial charge >= 0.3 is 0 Å². The fourth-order valence-corrected chi connectivity index (χ4v) is 7.27. The van der Waals surface area contributed by atoms with E-state index in [-0.39, 0.29) is 0 Å². The lowest BCUT2D eigenvalue weighted by Crippen LogP contribution is -1.98. The summed E-state index contributed by atoms with van der Waals surface area (Å²) in [5.74, 6) is 0.939. The summed E-state index contributed by atoms with van der Waals surface area (Å²) >= 11 is 0. The molecule has 0 bridgehead atoms. The molecule has 0 N–H and O–H groups in total. The van der Waals surface area contributed by atoms with Gasteiger partial charge in [-0.25, -0.2) is 4.98 Å². The fourth-order valence-electron chi connectivity index (χ4n) is 7.27. The monoisotopic (exact) mass is 612 g/mol. The molecule has 48 heavy (non-hydrogen) atoms. The maximum atomic E-state index is 6.36. The van der Waals surface area contributed by atoms with Crippen molar-refractivity contribution in [3.8, 4) is 39.3 Å². The highest BCUT2D eigenvalue weighted by Gasteiger charge is 2.16. The number of hydrogen-bond donors (Lipinski definition) is 0. The van der Waals surface area contributed by atoms with E-state index in [1.807, 2.05) is 24.3 Å². The Morgan fingerprint density at radius 3 is 1.98 bits per heavy atom. The Bertz CT molecular complexity index is 2840. The summed E-state index contributed by atoms with van der Waals surface area (Å²) in [6, 6.07) is 60.3. The first kappa shape index (κ1) is 26.7. The quantitative estimate of drug-likeness (QED) is 0.198. The van der Waals surface area contributed by atoms with E-state index >= 15 is 0 Å². The van der Waals surface area contributed by atoms with E-state index < -0.39 is 0 Å². The van der Waals surface area contributed by atoms with Crippen LogP contribution >= 0.6 is 0 Å². The summed E-state index contributed by atoms with van der Waals surface area (Å²) in [5.41, 5.74) is 10.9. The first-order valence-corrected chi connectivity index (χ1v) is 16.3. The summed E-state index contributed by atoms with van der Waals surface area (Å²) in [6.45, 7) is 0. The Balaban J connectivity index is 1.08. The van der Waals surface area contributed by atoms with E-state index in [4.69, 9.17) is 9.40 Å². The molecule has 2 aromatic heterocycles. The van der Waals surface area contributed by atoms with Crippen molar-refractivity contribution in [2.75, 3.05) is 0 Å². The van der Waals surface area contributed by atoms with Crippen LogP contribution in [0.5, 0.6) is 0 Å². The van der Waals surface area contributed by atoms with Crippen molar-refractivity contribution in [1.82, 2.24) is 9.55 Å². The number of fused-ring (bicyclic) bond motifs is 7. The molecule has 0 amide bonds. The Morgan fingerprint density at radius 1 is 0.438 bits per heavy atom. The number of para-hydroxylation sites is 3. The molecule has 0 aliphatic rings. The van der Waals surface area contributed by atoms with Crippen molar-refractivity contribution in [3.05, 3.63) is 170 Å². The Hall–Kier alpha value is -6.45. The van der Waals surface area contributed by atoms with Crippen LogP contribution in [0.3, 0.4) is 0 Å². The lowest BCUT2D eigenvalue weighted by atomic mass is 9.93. The largest absolute Gasteiger partial charge is 0.455 e. The van der Waals surface area contributed by atoms with Gasteiger partial charge in [-0.1, -0.05) is 121 Å². The summed E-state index contributed by atoms with van der Waals surface area (Å²) in [7, 11) is 0. The van der Waals surface area contributed by atoms with Gasteiger partial charge in [-0.05, 0) is 86.9 Å². The predicted molar refractivity (Wildman–Crippen MR) is 200 cm³/mol. The van der Waals surface area contributed by atoms with Crippen molar-refractivity contribution in [3.63, 3.8) is 0 Å². The minimum Gasteiger partial charge on any atom is -0.455 e. The lowest BCUT2D eigenvalue weighted by molar-refractivity contribution is 0.672. The van der Waals surface area contributed by atoms with E-state index in [9.17, 15) is 0 Å². The third kappa shape index (κ3) is 4.18. The van der Waals surface area contributed by atoms with Crippen molar-refractivity contribution >= 4 is 54.5 Å². The minimum absolute atomic E-state index is 0.919. The molecule has 224 valence electrons. The number of hydrogen-bond acceptors (Lipinski definition) is 2. The molecule has 2 heterocycles. The third-order valence-electron chi connectivity index (χ3n) is 9.57. The molecule has 0 spiro atoms. The topological polar surface area (TPSA) is 31.0 Å². The van der Waals surface area contributed by atoms with E-state index in [0.717, 1.165) is 55.4 Å². The molecule has 0 saturated carbocycles. The van der Waals surface area contributed by atoms with Gasteiger partial charge in [-0.2, -0.15) is 0 Å². The van der Waals surface area contributed by atoms with E-state index in [2.05, 4.69) is 150 Å². The summed E-state index contributed by atoms with van der Waals surface area (Å²) < 4.78 is 8.63. The first-order chi connectivity index (χ1) is 23.8. The highest BCUT2D eigenvalue weighted by Crippen LogP contribution is 2.40. The lowest BCUT2D eigenvalue weighted by Gasteiger charge is -2.13. The molecule has 0 saturated heterocycles. The molecule has 3 heteroatoms. The van der Waals surface area contributed by atoms with Crippen LogP contribution in [-0.4, -0.2) is 9.55 Å². The zero-order valence-electron chi connectivity index (χ0n) is 26.0. The summed E-state index contributed by atoms with van der Waals surface area (Å²) in [4.78, 5) is 5.04. The maximum absolute atomic E-state index is 6.36. The number of benzene rings is 8. The minimum atomic E-state index is 0.919. The van der Waals surface area contributed by atoms with Gasteiger partial charge in [0.25, 0.3) is 0 Å². The molecule has 0 radical (unpaired) electrons. The van der Waals surface area contributed by atoms with Crippen LogP contribution in [-0.2, 0) is 0 Å². The molecular weight excluding hydrogens is 585 g/mol. The standard InChI is InChI=1S/C45H28N2O/c1-2-11-29(12-3-1)45-46-41-18-7-8-19-42(41)47(45)35-14-10-13-30(27-35)31-21-22-33-26-34(24-23-32(33)25-31)39-28-40-37-16-6-9-20-43(37)48-44(40)38-17-5-4-15-36(38)39/h1-28H. The molecule has 0 aliphatic heterocycles. The molecule has 8 aromatic carbocycles. The SMILES string of the molecule is c1ccc(-c2nc3ccccc3n2-c2cccc(-c3ccc4cc(-c5cc6c7ccccc7oc6c6ccccc56)ccc4c3)c2)cc1. The van der Waals surface area contributed by atoms with Gasteiger partial charge in [0.05, 0.1) is 11.0 Å². The van der Waals surface area contributed by atoms with Crippen LogP contribution in [0.1, 0.15) is 0 Å². The Morgan fingerprint density at radius 2 is 1.10 bits per heavy atom. The number of imidazole rings is 1. The van der Waals surface area contributed by atoms with E-state index in [1.165, 1.54) is 38.4 Å². The van der Waals surface area contributed by atoms with Gasteiger partial charge in [-0.3, -0.25) is 4.57 Å². The summed E-state index contributed by atoms with van der Waals surface area (Å²) in [5, 5.41) is 7.04. The first-order valence-electron chi connectivity index (χ1n) is 16.3. The van der Waals surface area contributed by atoms with Gasteiger partial charge < -0.3 is 4.42 Å². The second-order valence-corrected chi connectivity index (χ2v) is 12.4. The highest BCUT2D eigenvalue weighted by molar-refractivity contribution is 6.19. The maximum Gasteiger partial charge on any atom is 0.145 e. The zero-order chi connectivity index (χ0) is 31.6. The Kier molecular flexibility index (Phi) is 5.87. The van der Waals surface area contributed by atoms with Crippen molar-refractivity contribution in [1.29, 1.82) is 0 Å². The van der Waals surface area contributed by atoms with Crippen LogP contribution in [0.4, 0.5) is 0 Å². The zero-order valence-corrected chi connectivity index (χ0v) is 26.0. The normalized spacial score (nSPS) is 11.8. The van der Waals surface area contributed by atoms with Gasteiger partial charge in [0.15, 0.2) is 0 Å². The Labute approximate surface area is 277 Å². The third-order valence-corrected chi connectivity index (χ3v) is 9.57. The van der Waals surface area contributed by atoms with Gasteiger partial charge in [0, 0.05) is 27.4 Å². The van der Waals surface area contributed by atoms with Crippen LogP contribution < -0.4 is 0 Å². The van der Waals surface area contributed by atoms with E-state index in [0.29, 0.717) is 0 Å². The average molecular weight is 613 g/mol. The number of furan rings is 1. The van der Waals surface area contributed by atoms with Crippen molar-refractivity contribution in [2.45, 2.75) is 0 Å². The summed E-state index contributed by atoms with van der Waals surface area (Å²) in [6.07, 6.45) is 0. The van der Waals surface area contributed by atoms with Crippen molar-refractivity contribution in [2.24, 2.45) is 0 Å². The highest BCUT2D eigenvalue weighted by atomic mass is 16.3. The second kappa shape index (κ2) is 10.5. The van der Waals surface area contributed by atoms with E-state index in [1.54, 1.807) is 0 Å². The number of aromatic nitrogens is 2. The van der Waals surface area contributed by atoms with Crippen LogP contribution in [0.2, 0.25) is 0 Å². The molecule has 0 aliphatic carbocycles. The molecule has 0 unspecified atom stereocenters. The van der Waals surface area contributed by atoms with Crippen molar-refractivity contribution < 1.29 is 4.42 Å². The fraction of sp³-hybridized carbons (Fsp3) is 0. The molecule has 0 fully saturated rings. The molecule has 10 rings (SSSR count). The van der Waals surface area contributed by atoms with Crippen LogP contribution in [0.15, 0.2) is 174 Å².